The number of hydrogen-bond donors (Lipinski definition) is 3. The van der Waals surface area contributed by atoms with E-state index in [1.807, 2.05) is 36.5 Å². The fraction of sp³-hybridized carbons (Fsp3) is 0.364. The van der Waals surface area contributed by atoms with E-state index in [2.05, 4.69) is 27.4 Å². The SMILES string of the molecule is O=C(CCCc1c[nH]c2ccccc12)N[C@H](c1ccccn1)C1CC(O)C1. The van der Waals surface area contributed by atoms with Gasteiger partial charge in [0.1, 0.15) is 0 Å². The number of benzene rings is 1. The molecule has 2 heterocycles. The maximum absolute atomic E-state index is 12.5. The predicted molar refractivity (Wildman–Crippen MR) is 105 cm³/mol. The van der Waals surface area contributed by atoms with Gasteiger partial charge in [-0.2, -0.15) is 0 Å². The minimum absolute atomic E-state index is 0.0480. The molecule has 5 heteroatoms. The van der Waals surface area contributed by atoms with Crippen LogP contribution in [0.5, 0.6) is 0 Å². The molecule has 2 aromatic heterocycles. The molecule has 140 valence electrons. The largest absolute Gasteiger partial charge is 0.393 e. The molecular formula is C22H25N3O2. The van der Waals surface area contributed by atoms with Gasteiger partial charge < -0.3 is 15.4 Å². The quantitative estimate of drug-likeness (QED) is 0.601. The van der Waals surface area contributed by atoms with Crippen molar-refractivity contribution in [2.24, 2.45) is 5.92 Å². The highest BCUT2D eigenvalue weighted by Gasteiger charge is 2.36. The topological polar surface area (TPSA) is 78.0 Å². The lowest BCUT2D eigenvalue weighted by molar-refractivity contribution is -0.123. The van der Waals surface area contributed by atoms with Crippen LogP contribution in [-0.4, -0.2) is 27.1 Å². The number of aryl methyl sites for hydroxylation is 1. The van der Waals surface area contributed by atoms with Crippen molar-refractivity contribution < 1.29 is 9.90 Å². The Bertz CT molecular complexity index is 900. The normalized spacial score (nSPS) is 20.2. The van der Waals surface area contributed by atoms with E-state index in [-0.39, 0.29) is 24.0 Å². The number of aliphatic hydroxyl groups excluding tert-OH is 1. The van der Waals surface area contributed by atoms with E-state index in [1.54, 1.807) is 6.20 Å². The first-order valence-electron chi connectivity index (χ1n) is 9.64. The number of carbonyl (C=O) groups is 1. The van der Waals surface area contributed by atoms with E-state index in [1.165, 1.54) is 10.9 Å². The van der Waals surface area contributed by atoms with E-state index < -0.39 is 0 Å². The zero-order chi connectivity index (χ0) is 18.6. The Morgan fingerprint density at radius 1 is 1.22 bits per heavy atom. The second-order valence-electron chi connectivity index (χ2n) is 7.40. The van der Waals surface area contributed by atoms with Crippen LogP contribution in [-0.2, 0) is 11.2 Å². The van der Waals surface area contributed by atoms with Crippen LogP contribution in [0.15, 0.2) is 54.9 Å². The molecule has 27 heavy (non-hydrogen) atoms. The maximum atomic E-state index is 12.5. The van der Waals surface area contributed by atoms with Crippen molar-refractivity contribution in [2.75, 3.05) is 0 Å². The summed E-state index contributed by atoms with van der Waals surface area (Å²) in [5.41, 5.74) is 3.26. The van der Waals surface area contributed by atoms with Crippen LogP contribution in [0.1, 0.15) is 43.0 Å². The molecule has 0 aliphatic heterocycles. The molecule has 3 N–H and O–H groups in total. The molecule has 0 bridgehead atoms. The molecule has 1 atom stereocenters. The summed E-state index contributed by atoms with van der Waals surface area (Å²) in [6, 6.07) is 13.9. The highest BCUT2D eigenvalue weighted by Crippen LogP contribution is 2.37. The van der Waals surface area contributed by atoms with Gasteiger partial charge in [0.05, 0.1) is 17.8 Å². The van der Waals surface area contributed by atoms with Gasteiger partial charge in [-0.15, -0.1) is 0 Å². The van der Waals surface area contributed by atoms with Gasteiger partial charge in [-0.3, -0.25) is 9.78 Å². The standard InChI is InChI=1S/C22H25N3O2/c26-17-12-16(13-17)22(20-9-3-4-11-23-20)25-21(27)10-5-6-15-14-24-19-8-2-1-7-18(15)19/h1-4,7-9,11,14,16-17,22,24,26H,5-6,10,12-13H2,(H,25,27)/t16?,17?,22-/m0/s1. The molecule has 5 nitrogen and oxygen atoms in total. The Morgan fingerprint density at radius 3 is 2.81 bits per heavy atom. The van der Waals surface area contributed by atoms with Crippen molar-refractivity contribution in [1.82, 2.24) is 15.3 Å². The van der Waals surface area contributed by atoms with Crippen molar-refractivity contribution in [1.29, 1.82) is 0 Å². The number of aliphatic hydroxyl groups is 1. The van der Waals surface area contributed by atoms with Crippen LogP contribution in [0.4, 0.5) is 0 Å². The van der Waals surface area contributed by atoms with Crippen molar-refractivity contribution in [3.8, 4) is 0 Å². The lowest BCUT2D eigenvalue weighted by atomic mass is 9.76. The number of nitrogens with one attached hydrogen (secondary N) is 2. The summed E-state index contributed by atoms with van der Waals surface area (Å²) >= 11 is 0. The van der Waals surface area contributed by atoms with E-state index in [0.29, 0.717) is 6.42 Å². The van der Waals surface area contributed by atoms with Gasteiger partial charge in [0, 0.05) is 29.7 Å². The average Bonchev–Trinajstić information content (AvgIpc) is 3.08. The van der Waals surface area contributed by atoms with Crippen LogP contribution in [0.3, 0.4) is 0 Å². The van der Waals surface area contributed by atoms with Crippen molar-refractivity contribution >= 4 is 16.8 Å². The first kappa shape index (κ1) is 17.7. The fourth-order valence-electron chi connectivity index (χ4n) is 3.92. The molecule has 1 aliphatic carbocycles. The number of fused-ring (bicyclic) bond motifs is 1. The number of aromatic amines is 1. The molecule has 3 aromatic rings. The first-order valence-corrected chi connectivity index (χ1v) is 9.64. The second-order valence-corrected chi connectivity index (χ2v) is 7.40. The second kappa shape index (κ2) is 7.92. The fourth-order valence-corrected chi connectivity index (χ4v) is 3.92. The molecule has 4 rings (SSSR count). The summed E-state index contributed by atoms with van der Waals surface area (Å²) in [4.78, 5) is 20.2. The van der Waals surface area contributed by atoms with Gasteiger partial charge in [-0.25, -0.2) is 0 Å². The van der Waals surface area contributed by atoms with Gasteiger partial charge >= 0.3 is 0 Å². The molecule has 1 saturated carbocycles. The summed E-state index contributed by atoms with van der Waals surface area (Å²) in [6.45, 7) is 0. The van der Waals surface area contributed by atoms with E-state index >= 15 is 0 Å². The van der Waals surface area contributed by atoms with Gasteiger partial charge in [-0.05, 0) is 55.4 Å². The number of para-hydroxylation sites is 1. The summed E-state index contributed by atoms with van der Waals surface area (Å²) < 4.78 is 0. The molecule has 0 unspecified atom stereocenters. The molecular weight excluding hydrogens is 338 g/mol. The highest BCUT2D eigenvalue weighted by atomic mass is 16.3. The highest BCUT2D eigenvalue weighted by molar-refractivity contribution is 5.83. The van der Waals surface area contributed by atoms with Crippen LogP contribution in [0.2, 0.25) is 0 Å². The predicted octanol–water partition coefficient (Wildman–Crippen LogP) is 3.51. The summed E-state index contributed by atoms with van der Waals surface area (Å²) in [5.74, 6) is 0.305. The number of pyridine rings is 1. The molecule has 0 radical (unpaired) electrons. The van der Waals surface area contributed by atoms with Gasteiger partial charge in [0.2, 0.25) is 5.91 Å². The zero-order valence-electron chi connectivity index (χ0n) is 15.3. The average molecular weight is 363 g/mol. The van der Waals surface area contributed by atoms with Gasteiger partial charge in [0.15, 0.2) is 0 Å². The van der Waals surface area contributed by atoms with Crippen molar-refractivity contribution in [3.05, 3.63) is 66.1 Å². The number of aromatic nitrogens is 2. The number of nitrogens with zero attached hydrogens (tertiary/aromatic N) is 1. The van der Waals surface area contributed by atoms with Gasteiger partial charge in [0.25, 0.3) is 0 Å². The van der Waals surface area contributed by atoms with Crippen LogP contribution in [0.25, 0.3) is 10.9 Å². The molecule has 1 aliphatic rings. The number of amides is 1. The first-order chi connectivity index (χ1) is 13.2. The minimum Gasteiger partial charge on any atom is -0.393 e. The molecule has 1 aromatic carbocycles. The third kappa shape index (κ3) is 4.03. The lowest BCUT2D eigenvalue weighted by Crippen LogP contribution is -2.41. The lowest BCUT2D eigenvalue weighted by Gasteiger charge is -2.37. The Balaban J connectivity index is 1.34. The van der Waals surface area contributed by atoms with Crippen molar-refractivity contribution in [3.63, 3.8) is 0 Å². The number of hydrogen-bond acceptors (Lipinski definition) is 3. The minimum atomic E-state index is -0.250. The third-order valence-electron chi connectivity index (χ3n) is 5.47. The smallest absolute Gasteiger partial charge is 0.220 e. The Kier molecular flexibility index (Phi) is 5.21. The van der Waals surface area contributed by atoms with E-state index in [4.69, 9.17) is 0 Å². The Morgan fingerprint density at radius 2 is 2.04 bits per heavy atom. The number of carbonyl (C=O) groups excluding carboxylic acids is 1. The molecule has 0 saturated heterocycles. The molecule has 1 amide bonds. The summed E-state index contributed by atoms with van der Waals surface area (Å²) in [7, 11) is 0. The van der Waals surface area contributed by atoms with Gasteiger partial charge in [-0.1, -0.05) is 24.3 Å². The molecule has 1 fully saturated rings. The number of H-pyrrole nitrogens is 1. The zero-order valence-corrected chi connectivity index (χ0v) is 15.3. The van der Waals surface area contributed by atoms with E-state index in [9.17, 15) is 9.90 Å². The monoisotopic (exact) mass is 363 g/mol. The number of rotatable bonds is 7. The summed E-state index contributed by atoms with van der Waals surface area (Å²) in [6.07, 6.45) is 7.13. The summed E-state index contributed by atoms with van der Waals surface area (Å²) in [5, 5.41) is 14.0. The van der Waals surface area contributed by atoms with E-state index in [0.717, 1.165) is 36.9 Å². The van der Waals surface area contributed by atoms with Crippen LogP contribution < -0.4 is 5.32 Å². The third-order valence-corrected chi connectivity index (χ3v) is 5.47. The molecule has 0 spiro atoms. The van der Waals surface area contributed by atoms with Crippen molar-refractivity contribution in [2.45, 2.75) is 44.2 Å². The Hall–Kier alpha value is -2.66. The maximum Gasteiger partial charge on any atom is 0.220 e. The Labute approximate surface area is 158 Å². The van der Waals surface area contributed by atoms with Crippen LogP contribution >= 0.6 is 0 Å². The van der Waals surface area contributed by atoms with Crippen LogP contribution in [0, 0.1) is 5.92 Å².